The van der Waals surface area contributed by atoms with Crippen LogP contribution in [0.2, 0.25) is 5.02 Å². The molecular formula is C23H16ClF6N3O3S. The molecule has 0 spiro atoms. The molecule has 0 aliphatic carbocycles. The normalized spacial score (nSPS) is 12.5. The highest BCUT2D eigenvalue weighted by atomic mass is 35.5. The summed E-state index contributed by atoms with van der Waals surface area (Å²) in [6.45, 7) is -1.05. The van der Waals surface area contributed by atoms with Crippen LogP contribution in [0.5, 0.6) is 0 Å². The quantitative estimate of drug-likeness (QED) is 0.227. The van der Waals surface area contributed by atoms with Gasteiger partial charge in [-0.15, -0.1) is 0 Å². The van der Waals surface area contributed by atoms with Crippen molar-refractivity contribution in [1.82, 2.24) is 5.43 Å². The van der Waals surface area contributed by atoms with Gasteiger partial charge in [0.2, 0.25) is 0 Å². The molecule has 3 aromatic carbocycles. The van der Waals surface area contributed by atoms with Gasteiger partial charge in [-0.05, 0) is 36.4 Å². The lowest BCUT2D eigenvalue weighted by atomic mass is 10.1. The first-order valence-corrected chi connectivity index (χ1v) is 12.0. The van der Waals surface area contributed by atoms with Crippen molar-refractivity contribution in [2.45, 2.75) is 17.2 Å². The fourth-order valence-corrected chi connectivity index (χ4v) is 4.79. The van der Waals surface area contributed by atoms with Gasteiger partial charge in [-0.3, -0.25) is 9.10 Å². The fourth-order valence-electron chi connectivity index (χ4n) is 3.13. The number of nitrogens with zero attached hydrogens (tertiary/aromatic N) is 2. The largest absolute Gasteiger partial charge is 0.417 e. The Bertz CT molecular complexity index is 1410. The molecule has 14 heteroatoms. The molecule has 3 rings (SSSR count). The highest BCUT2D eigenvalue weighted by Gasteiger charge is 2.36. The Kier molecular flexibility index (Phi) is 8.18. The molecule has 37 heavy (non-hydrogen) atoms. The van der Waals surface area contributed by atoms with Crippen molar-refractivity contribution in [2.75, 3.05) is 10.8 Å². The monoisotopic (exact) mass is 563 g/mol. The molecule has 0 saturated heterocycles. The van der Waals surface area contributed by atoms with Crippen LogP contribution in [-0.2, 0) is 27.2 Å². The Hall–Kier alpha value is -3.58. The summed E-state index contributed by atoms with van der Waals surface area (Å²) in [6, 6.07) is 13.2. The topological polar surface area (TPSA) is 78.8 Å². The maximum Gasteiger partial charge on any atom is 0.417 e. The summed E-state index contributed by atoms with van der Waals surface area (Å²) in [7, 11) is -4.57. The smallest absolute Gasteiger partial charge is 0.271 e. The average molecular weight is 564 g/mol. The SMILES string of the molecule is O=C(CN(c1ccc(Cl)c(C(F)(F)F)c1)S(=O)(=O)c1ccccc1)N/N=C\c1ccccc1C(F)(F)F. The molecule has 0 aromatic heterocycles. The Morgan fingerprint density at radius 3 is 2.11 bits per heavy atom. The van der Waals surface area contributed by atoms with E-state index in [9.17, 15) is 39.6 Å². The van der Waals surface area contributed by atoms with Crippen molar-refractivity contribution in [2.24, 2.45) is 5.10 Å². The minimum absolute atomic E-state index is 0.325. The molecule has 0 fully saturated rings. The van der Waals surface area contributed by atoms with Crippen molar-refractivity contribution < 1.29 is 39.6 Å². The van der Waals surface area contributed by atoms with E-state index in [0.717, 1.165) is 30.3 Å². The highest BCUT2D eigenvalue weighted by Crippen LogP contribution is 2.38. The lowest BCUT2D eigenvalue weighted by Crippen LogP contribution is -2.39. The third-order valence-corrected chi connectivity index (χ3v) is 6.94. The summed E-state index contributed by atoms with van der Waals surface area (Å²) in [5.74, 6) is -1.14. The second-order valence-electron chi connectivity index (χ2n) is 7.36. The first-order chi connectivity index (χ1) is 17.2. The first-order valence-electron chi connectivity index (χ1n) is 10.1. The molecule has 0 saturated carbocycles. The van der Waals surface area contributed by atoms with Crippen molar-refractivity contribution in [3.05, 3.63) is 94.5 Å². The molecule has 0 unspecified atom stereocenters. The second kappa shape index (κ2) is 10.8. The molecule has 0 aliphatic rings. The summed E-state index contributed by atoms with van der Waals surface area (Å²) in [5.41, 5.74) is -1.36. The van der Waals surface area contributed by atoms with E-state index in [1.54, 1.807) is 0 Å². The van der Waals surface area contributed by atoms with Gasteiger partial charge >= 0.3 is 12.4 Å². The number of hydrogen-bond donors (Lipinski definition) is 1. The Morgan fingerprint density at radius 2 is 1.49 bits per heavy atom. The van der Waals surface area contributed by atoms with Crippen LogP contribution in [0.3, 0.4) is 0 Å². The van der Waals surface area contributed by atoms with Crippen molar-refractivity contribution in [3.63, 3.8) is 0 Å². The lowest BCUT2D eigenvalue weighted by molar-refractivity contribution is -0.138. The molecule has 0 radical (unpaired) electrons. The fraction of sp³-hybridized carbons (Fsp3) is 0.130. The second-order valence-corrected chi connectivity index (χ2v) is 9.63. The van der Waals surface area contributed by atoms with Gasteiger partial charge in [0.1, 0.15) is 6.54 Å². The molecule has 1 amide bonds. The highest BCUT2D eigenvalue weighted by molar-refractivity contribution is 7.92. The van der Waals surface area contributed by atoms with Gasteiger partial charge in [0.15, 0.2) is 0 Å². The number of sulfonamides is 1. The first kappa shape index (κ1) is 28.0. The molecule has 0 aliphatic heterocycles. The number of amides is 1. The molecular weight excluding hydrogens is 548 g/mol. The van der Waals surface area contributed by atoms with Gasteiger partial charge in [0.05, 0.1) is 32.9 Å². The van der Waals surface area contributed by atoms with Crippen LogP contribution >= 0.6 is 11.6 Å². The number of hydrogen-bond acceptors (Lipinski definition) is 4. The molecule has 0 heterocycles. The van der Waals surface area contributed by atoms with E-state index in [1.807, 2.05) is 5.43 Å². The number of carbonyl (C=O) groups is 1. The zero-order valence-corrected chi connectivity index (χ0v) is 20.0. The molecule has 1 N–H and O–H groups in total. The van der Waals surface area contributed by atoms with Gasteiger partial charge in [-0.25, -0.2) is 13.8 Å². The number of nitrogens with one attached hydrogen (secondary N) is 1. The van der Waals surface area contributed by atoms with E-state index < -0.39 is 56.7 Å². The van der Waals surface area contributed by atoms with Crippen LogP contribution in [0, 0.1) is 0 Å². The number of carbonyl (C=O) groups excluding carboxylic acids is 1. The van der Waals surface area contributed by atoms with Gasteiger partial charge in [0, 0.05) is 5.56 Å². The minimum atomic E-state index is -4.92. The van der Waals surface area contributed by atoms with Crippen molar-refractivity contribution in [1.29, 1.82) is 0 Å². The predicted molar refractivity (Wildman–Crippen MR) is 125 cm³/mol. The number of rotatable bonds is 7. The van der Waals surface area contributed by atoms with Crippen LogP contribution in [0.25, 0.3) is 0 Å². The van der Waals surface area contributed by atoms with Crippen molar-refractivity contribution in [3.8, 4) is 0 Å². The summed E-state index contributed by atoms with van der Waals surface area (Å²) in [4.78, 5) is 12.2. The van der Waals surface area contributed by atoms with Gasteiger partial charge in [0.25, 0.3) is 15.9 Å². The molecule has 196 valence electrons. The standard InChI is InChI=1S/C23H16ClF6N3O3S/c24-20-11-10-16(12-19(20)23(28,29)30)33(37(35,36)17-7-2-1-3-8-17)14-21(34)32-31-13-15-6-4-5-9-18(15)22(25,26)27/h1-13H,14H2,(H,32,34)/b31-13-. The van der Waals surface area contributed by atoms with Crippen LogP contribution in [0.4, 0.5) is 32.0 Å². The van der Waals surface area contributed by atoms with E-state index in [4.69, 9.17) is 11.6 Å². The third-order valence-electron chi connectivity index (χ3n) is 4.82. The Balaban J connectivity index is 1.94. The van der Waals surface area contributed by atoms with E-state index in [-0.39, 0.29) is 10.5 Å². The summed E-state index contributed by atoms with van der Waals surface area (Å²) in [5, 5.41) is 2.75. The third kappa shape index (κ3) is 6.80. The van der Waals surface area contributed by atoms with Crippen LogP contribution in [-0.4, -0.2) is 27.1 Å². The number of alkyl halides is 6. The minimum Gasteiger partial charge on any atom is -0.271 e. The Morgan fingerprint density at radius 1 is 0.892 bits per heavy atom. The van der Waals surface area contributed by atoms with Crippen LogP contribution in [0.15, 0.2) is 82.8 Å². The Labute approximate surface area is 212 Å². The summed E-state index contributed by atoms with van der Waals surface area (Å²) >= 11 is 5.63. The zero-order chi connectivity index (χ0) is 27.4. The van der Waals surface area contributed by atoms with E-state index in [1.165, 1.54) is 36.4 Å². The van der Waals surface area contributed by atoms with E-state index in [0.29, 0.717) is 16.6 Å². The predicted octanol–water partition coefficient (Wildman–Crippen LogP) is 5.72. The summed E-state index contributed by atoms with van der Waals surface area (Å²) < 4.78 is 106. The summed E-state index contributed by atoms with van der Waals surface area (Å²) in [6.07, 6.45) is -8.91. The van der Waals surface area contributed by atoms with E-state index >= 15 is 0 Å². The van der Waals surface area contributed by atoms with Crippen LogP contribution in [0.1, 0.15) is 16.7 Å². The molecule has 0 bridgehead atoms. The van der Waals surface area contributed by atoms with Gasteiger partial charge in [-0.2, -0.15) is 31.4 Å². The number of halogens is 7. The number of benzene rings is 3. The lowest BCUT2D eigenvalue weighted by Gasteiger charge is -2.24. The maximum atomic E-state index is 13.4. The molecule has 6 nitrogen and oxygen atoms in total. The number of hydrazone groups is 1. The van der Waals surface area contributed by atoms with Gasteiger partial charge < -0.3 is 0 Å². The van der Waals surface area contributed by atoms with Crippen molar-refractivity contribution >= 4 is 39.4 Å². The molecule has 0 atom stereocenters. The zero-order valence-electron chi connectivity index (χ0n) is 18.4. The number of anilines is 1. The average Bonchev–Trinajstić information content (AvgIpc) is 2.82. The van der Waals surface area contributed by atoms with E-state index in [2.05, 4.69) is 5.10 Å². The molecule has 3 aromatic rings. The maximum absolute atomic E-state index is 13.4. The van der Waals surface area contributed by atoms with Gasteiger partial charge in [-0.1, -0.05) is 48.0 Å². The van der Waals surface area contributed by atoms with Crippen LogP contribution < -0.4 is 9.73 Å².